The highest BCUT2D eigenvalue weighted by Crippen LogP contribution is 2.18. The van der Waals surface area contributed by atoms with Gasteiger partial charge >= 0.3 is 5.69 Å². The monoisotopic (exact) mass is 271 g/mol. The van der Waals surface area contributed by atoms with E-state index in [0.29, 0.717) is 18.2 Å². The van der Waals surface area contributed by atoms with Crippen molar-refractivity contribution in [2.45, 2.75) is 6.54 Å². The summed E-state index contributed by atoms with van der Waals surface area (Å²) in [7, 11) is 1.55. The summed E-state index contributed by atoms with van der Waals surface area (Å²) < 4.78 is 5.12. The molecule has 0 atom stereocenters. The predicted molar refractivity (Wildman–Crippen MR) is 74.8 cm³/mol. The highest BCUT2D eigenvalue weighted by molar-refractivity contribution is 5.75. The summed E-state index contributed by atoms with van der Waals surface area (Å²) in [5.41, 5.74) is 2.37. The van der Waals surface area contributed by atoms with E-state index in [0.717, 1.165) is 16.6 Å². The van der Waals surface area contributed by atoms with E-state index in [-0.39, 0.29) is 5.69 Å². The van der Waals surface area contributed by atoms with E-state index in [4.69, 9.17) is 4.74 Å². The average Bonchev–Trinajstić information content (AvgIpc) is 2.84. The van der Waals surface area contributed by atoms with Gasteiger partial charge in [-0.05, 0) is 17.7 Å². The Kier molecular flexibility index (Phi) is 3.08. The minimum absolute atomic E-state index is 0.208. The molecule has 0 aliphatic carbocycles. The van der Waals surface area contributed by atoms with E-state index in [2.05, 4.69) is 25.3 Å². The largest absolute Gasteiger partial charge is 0.478 e. The number of ether oxygens (including phenoxy) is 1. The average molecular weight is 271 g/mol. The third-order valence-corrected chi connectivity index (χ3v) is 2.90. The molecule has 0 saturated heterocycles. The van der Waals surface area contributed by atoms with Gasteiger partial charge in [0.05, 0.1) is 18.1 Å². The number of nitrogens with one attached hydrogen (secondary N) is 3. The molecule has 3 rings (SSSR count). The fourth-order valence-electron chi connectivity index (χ4n) is 1.97. The number of nitrogens with zero attached hydrogens (tertiary/aromatic N) is 2. The Morgan fingerprint density at radius 3 is 2.85 bits per heavy atom. The second-order valence-electron chi connectivity index (χ2n) is 4.23. The molecule has 0 bridgehead atoms. The molecule has 3 aromatic rings. The Morgan fingerprint density at radius 1 is 1.20 bits per heavy atom. The highest BCUT2D eigenvalue weighted by Gasteiger charge is 2.05. The van der Waals surface area contributed by atoms with Gasteiger partial charge in [-0.3, -0.25) is 0 Å². The number of fused-ring (bicyclic) bond motifs is 1. The molecule has 0 unspecified atom stereocenters. The quantitative estimate of drug-likeness (QED) is 0.664. The van der Waals surface area contributed by atoms with Gasteiger partial charge in [0.25, 0.3) is 5.88 Å². The fraction of sp³-hybridized carbons (Fsp3) is 0.154. The van der Waals surface area contributed by atoms with Crippen LogP contribution in [-0.4, -0.2) is 27.0 Å². The number of anilines is 1. The summed E-state index contributed by atoms with van der Waals surface area (Å²) in [4.78, 5) is 24.9. The summed E-state index contributed by atoms with van der Waals surface area (Å²) in [6, 6.07) is 5.70. The normalized spacial score (nSPS) is 10.7. The van der Waals surface area contributed by atoms with Crippen LogP contribution in [0.1, 0.15) is 5.56 Å². The van der Waals surface area contributed by atoms with Gasteiger partial charge in [-0.15, -0.1) is 0 Å². The maximum atomic E-state index is 11.2. The SMILES string of the molecule is COc1nccnc1NCc1ccc2[nH]c(=O)[nH]c2c1. The minimum atomic E-state index is -0.208. The topological polar surface area (TPSA) is 95.7 Å². The van der Waals surface area contributed by atoms with Gasteiger partial charge in [0.2, 0.25) is 0 Å². The molecule has 0 saturated carbocycles. The first-order valence-electron chi connectivity index (χ1n) is 6.06. The molecule has 0 fully saturated rings. The van der Waals surface area contributed by atoms with E-state index >= 15 is 0 Å². The molecule has 0 spiro atoms. The van der Waals surface area contributed by atoms with Crippen LogP contribution in [0.3, 0.4) is 0 Å². The van der Waals surface area contributed by atoms with Crippen LogP contribution in [0, 0.1) is 0 Å². The molecule has 2 heterocycles. The molecule has 7 heteroatoms. The second kappa shape index (κ2) is 5.04. The smallest absolute Gasteiger partial charge is 0.323 e. The van der Waals surface area contributed by atoms with Crippen LogP contribution < -0.4 is 15.7 Å². The molecule has 0 aliphatic rings. The van der Waals surface area contributed by atoms with Crippen molar-refractivity contribution in [1.29, 1.82) is 0 Å². The number of rotatable bonds is 4. The number of aromatic amines is 2. The number of benzene rings is 1. The second-order valence-corrected chi connectivity index (χ2v) is 4.23. The van der Waals surface area contributed by atoms with E-state index < -0.39 is 0 Å². The number of aromatic nitrogens is 4. The maximum absolute atomic E-state index is 11.2. The van der Waals surface area contributed by atoms with Gasteiger partial charge < -0.3 is 20.0 Å². The van der Waals surface area contributed by atoms with Crippen LogP contribution in [0.25, 0.3) is 11.0 Å². The lowest BCUT2D eigenvalue weighted by Gasteiger charge is -2.08. The Balaban J connectivity index is 1.81. The first kappa shape index (κ1) is 12.2. The number of imidazole rings is 1. The summed E-state index contributed by atoms with van der Waals surface area (Å²) >= 11 is 0. The lowest BCUT2D eigenvalue weighted by Crippen LogP contribution is -2.04. The van der Waals surface area contributed by atoms with E-state index in [1.807, 2.05) is 18.2 Å². The summed E-state index contributed by atoms with van der Waals surface area (Å²) in [6.45, 7) is 0.554. The zero-order valence-corrected chi connectivity index (χ0v) is 10.8. The van der Waals surface area contributed by atoms with Crippen molar-refractivity contribution in [2.75, 3.05) is 12.4 Å². The van der Waals surface area contributed by atoms with Crippen molar-refractivity contribution in [3.8, 4) is 5.88 Å². The zero-order valence-electron chi connectivity index (χ0n) is 10.8. The Bertz CT molecular complexity index is 793. The Hall–Kier alpha value is -2.83. The Morgan fingerprint density at radius 2 is 2.00 bits per heavy atom. The molecule has 3 N–H and O–H groups in total. The third kappa shape index (κ3) is 2.33. The molecule has 0 amide bonds. The van der Waals surface area contributed by atoms with Gasteiger partial charge in [-0.2, -0.15) is 0 Å². The minimum Gasteiger partial charge on any atom is -0.478 e. The van der Waals surface area contributed by atoms with Crippen LogP contribution >= 0.6 is 0 Å². The first-order valence-corrected chi connectivity index (χ1v) is 6.06. The van der Waals surface area contributed by atoms with Gasteiger partial charge in [-0.25, -0.2) is 14.8 Å². The van der Waals surface area contributed by atoms with Crippen LogP contribution in [0.4, 0.5) is 5.82 Å². The molecule has 0 radical (unpaired) electrons. The van der Waals surface area contributed by atoms with E-state index in [1.165, 1.54) is 0 Å². The van der Waals surface area contributed by atoms with Gasteiger partial charge in [0, 0.05) is 18.9 Å². The van der Waals surface area contributed by atoms with Gasteiger partial charge in [0.15, 0.2) is 5.82 Å². The Labute approximate surface area is 114 Å². The first-order chi connectivity index (χ1) is 9.76. The summed E-state index contributed by atoms with van der Waals surface area (Å²) in [5.74, 6) is 1.03. The van der Waals surface area contributed by atoms with E-state index in [9.17, 15) is 4.79 Å². The fourth-order valence-corrected chi connectivity index (χ4v) is 1.97. The number of H-pyrrole nitrogens is 2. The number of hydrogen-bond acceptors (Lipinski definition) is 5. The van der Waals surface area contributed by atoms with Crippen molar-refractivity contribution in [1.82, 2.24) is 19.9 Å². The van der Waals surface area contributed by atoms with Crippen LogP contribution in [0.2, 0.25) is 0 Å². The van der Waals surface area contributed by atoms with Crippen LogP contribution in [0.5, 0.6) is 5.88 Å². The van der Waals surface area contributed by atoms with Crippen LogP contribution in [0.15, 0.2) is 35.4 Å². The van der Waals surface area contributed by atoms with Crippen molar-refractivity contribution in [3.05, 3.63) is 46.6 Å². The molecule has 1 aromatic carbocycles. The molecular formula is C13H13N5O2. The lowest BCUT2D eigenvalue weighted by molar-refractivity contribution is 0.398. The summed E-state index contributed by atoms with van der Waals surface area (Å²) in [5, 5.41) is 3.15. The molecular weight excluding hydrogens is 258 g/mol. The number of hydrogen-bond donors (Lipinski definition) is 3. The number of methoxy groups -OCH3 is 1. The highest BCUT2D eigenvalue weighted by atomic mass is 16.5. The van der Waals surface area contributed by atoms with Gasteiger partial charge in [-0.1, -0.05) is 6.07 Å². The van der Waals surface area contributed by atoms with Crippen molar-refractivity contribution in [2.24, 2.45) is 0 Å². The zero-order chi connectivity index (χ0) is 13.9. The molecule has 7 nitrogen and oxygen atoms in total. The van der Waals surface area contributed by atoms with Crippen LogP contribution in [-0.2, 0) is 6.54 Å². The van der Waals surface area contributed by atoms with Crippen molar-refractivity contribution >= 4 is 16.9 Å². The molecule has 2 aromatic heterocycles. The standard InChI is InChI=1S/C13H13N5O2/c1-20-12-11(14-4-5-15-12)16-7-8-2-3-9-10(6-8)18-13(19)17-9/h2-6H,7H2,1H3,(H,14,16)(H2,17,18,19). The predicted octanol–water partition coefficient (Wildman–Crippen LogP) is 1.27. The maximum Gasteiger partial charge on any atom is 0.323 e. The van der Waals surface area contributed by atoms with Gasteiger partial charge in [0.1, 0.15) is 0 Å². The summed E-state index contributed by atoms with van der Waals surface area (Å²) in [6.07, 6.45) is 3.16. The molecule has 0 aliphatic heterocycles. The molecule has 20 heavy (non-hydrogen) atoms. The van der Waals surface area contributed by atoms with E-state index in [1.54, 1.807) is 19.5 Å². The lowest BCUT2D eigenvalue weighted by atomic mass is 10.2. The third-order valence-electron chi connectivity index (χ3n) is 2.90. The van der Waals surface area contributed by atoms with Crippen molar-refractivity contribution < 1.29 is 4.74 Å². The molecule has 102 valence electrons. The van der Waals surface area contributed by atoms with Crippen molar-refractivity contribution in [3.63, 3.8) is 0 Å².